The summed E-state index contributed by atoms with van der Waals surface area (Å²) < 4.78 is 10.6. The smallest absolute Gasteiger partial charge is 0.410 e. The van der Waals surface area contributed by atoms with Crippen LogP contribution in [0.1, 0.15) is 38.2 Å². The number of piperazine rings is 1. The normalized spacial score (nSPS) is 21.4. The van der Waals surface area contributed by atoms with Crippen LogP contribution in [0.15, 0.2) is 42.6 Å². The van der Waals surface area contributed by atoms with Crippen LogP contribution in [-0.2, 0) is 9.47 Å². The standard InChI is InChI=1S/C29H37N5O3/c1-20(2)34-11-3-4-23(17-34)21-5-7-22(8-6-21)26-16-25-27(9-10-30-28(25)31-26)32-12-14-33(15-13-32)29(35)37-24-18-36-19-24/h5-10,16,20,23-24H,3-4,11-15,17-19H2,1-2H3,(H,30,31)/t23-/m1/s1. The average molecular weight is 504 g/mol. The van der Waals surface area contributed by atoms with Crippen LogP contribution in [-0.4, -0.2) is 90.5 Å². The van der Waals surface area contributed by atoms with Gasteiger partial charge in [0.05, 0.1) is 13.2 Å². The van der Waals surface area contributed by atoms with Crippen LogP contribution in [0, 0.1) is 0 Å². The fourth-order valence-corrected chi connectivity index (χ4v) is 5.76. The highest BCUT2D eigenvalue weighted by atomic mass is 16.6. The number of fused-ring (bicyclic) bond motifs is 1. The van der Waals surface area contributed by atoms with Crippen molar-refractivity contribution in [2.75, 3.05) is 57.4 Å². The fraction of sp³-hybridized carbons (Fsp3) is 0.517. The van der Waals surface area contributed by atoms with Crippen molar-refractivity contribution in [2.24, 2.45) is 0 Å². The maximum atomic E-state index is 12.4. The van der Waals surface area contributed by atoms with Crippen molar-refractivity contribution >= 4 is 22.8 Å². The number of rotatable bonds is 5. The largest absolute Gasteiger partial charge is 0.441 e. The highest BCUT2D eigenvalue weighted by molar-refractivity contribution is 5.94. The number of nitrogens with one attached hydrogen (secondary N) is 1. The zero-order chi connectivity index (χ0) is 25.4. The molecule has 3 aliphatic heterocycles. The summed E-state index contributed by atoms with van der Waals surface area (Å²) in [5, 5.41) is 1.11. The number of hydrogen-bond acceptors (Lipinski definition) is 6. The Labute approximate surface area is 218 Å². The number of pyridine rings is 1. The second-order valence-corrected chi connectivity index (χ2v) is 10.8. The molecule has 3 fully saturated rings. The number of hydrogen-bond donors (Lipinski definition) is 1. The minimum absolute atomic E-state index is 0.0879. The molecule has 1 N–H and O–H groups in total. The van der Waals surface area contributed by atoms with Gasteiger partial charge in [0, 0.05) is 61.7 Å². The molecule has 1 atom stereocenters. The van der Waals surface area contributed by atoms with E-state index >= 15 is 0 Å². The fourth-order valence-electron chi connectivity index (χ4n) is 5.76. The molecule has 1 aromatic carbocycles. The lowest BCUT2D eigenvalue weighted by Gasteiger charge is -2.37. The average Bonchev–Trinajstić information content (AvgIpc) is 3.35. The van der Waals surface area contributed by atoms with Gasteiger partial charge in [-0.2, -0.15) is 0 Å². The van der Waals surface area contributed by atoms with Gasteiger partial charge in [0.2, 0.25) is 0 Å². The number of carbonyl (C=O) groups is 1. The zero-order valence-electron chi connectivity index (χ0n) is 21.9. The topological polar surface area (TPSA) is 73.9 Å². The zero-order valence-corrected chi connectivity index (χ0v) is 21.9. The molecular formula is C29H37N5O3. The van der Waals surface area contributed by atoms with E-state index in [4.69, 9.17) is 9.47 Å². The molecule has 3 aromatic rings. The Balaban J connectivity index is 1.15. The van der Waals surface area contributed by atoms with E-state index in [1.807, 2.05) is 6.20 Å². The Morgan fingerprint density at radius 2 is 1.86 bits per heavy atom. The Kier molecular flexibility index (Phi) is 6.78. The molecule has 0 bridgehead atoms. The van der Waals surface area contributed by atoms with Gasteiger partial charge < -0.3 is 29.2 Å². The van der Waals surface area contributed by atoms with E-state index < -0.39 is 0 Å². The molecular weight excluding hydrogens is 466 g/mol. The third-order valence-electron chi connectivity index (χ3n) is 8.14. The van der Waals surface area contributed by atoms with Crippen LogP contribution in [0.5, 0.6) is 0 Å². The van der Waals surface area contributed by atoms with Crippen molar-refractivity contribution in [1.82, 2.24) is 19.8 Å². The highest BCUT2D eigenvalue weighted by Crippen LogP contribution is 2.33. The van der Waals surface area contributed by atoms with Crippen LogP contribution >= 0.6 is 0 Å². The number of anilines is 1. The molecule has 1 amide bonds. The summed E-state index contributed by atoms with van der Waals surface area (Å²) in [5.41, 5.74) is 5.74. The van der Waals surface area contributed by atoms with Crippen LogP contribution in [0.2, 0.25) is 0 Å². The number of benzene rings is 1. The first kappa shape index (κ1) is 24.2. The molecule has 5 heterocycles. The van der Waals surface area contributed by atoms with Crippen molar-refractivity contribution < 1.29 is 14.3 Å². The summed E-state index contributed by atoms with van der Waals surface area (Å²) in [7, 11) is 0. The number of amides is 1. The molecule has 0 radical (unpaired) electrons. The molecule has 0 unspecified atom stereocenters. The third-order valence-corrected chi connectivity index (χ3v) is 8.14. The number of nitrogens with zero attached hydrogens (tertiary/aromatic N) is 4. The van der Waals surface area contributed by atoms with Gasteiger partial charge in [0.25, 0.3) is 0 Å². The first-order chi connectivity index (χ1) is 18.0. The van der Waals surface area contributed by atoms with E-state index in [9.17, 15) is 4.79 Å². The van der Waals surface area contributed by atoms with E-state index in [-0.39, 0.29) is 12.2 Å². The highest BCUT2D eigenvalue weighted by Gasteiger charge is 2.29. The summed E-state index contributed by atoms with van der Waals surface area (Å²) in [6.07, 6.45) is 4.08. The van der Waals surface area contributed by atoms with Gasteiger partial charge in [-0.15, -0.1) is 0 Å². The van der Waals surface area contributed by atoms with Crippen molar-refractivity contribution in [1.29, 1.82) is 0 Å². The summed E-state index contributed by atoms with van der Waals surface area (Å²) in [5.74, 6) is 0.610. The van der Waals surface area contributed by atoms with Crippen LogP contribution in [0.4, 0.5) is 10.5 Å². The van der Waals surface area contributed by atoms with E-state index in [0.717, 1.165) is 42.0 Å². The number of H-pyrrole nitrogens is 1. The molecule has 2 aromatic heterocycles. The van der Waals surface area contributed by atoms with Crippen LogP contribution in [0.25, 0.3) is 22.3 Å². The molecule has 0 saturated carbocycles. The van der Waals surface area contributed by atoms with Gasteiger partial charge in [-0.1, -0.05) is 24.3 Å². The third kappa shape index (κ3) is 5.05. The quantitative estimate of drug-likeness (QED) is 0.554. The predicted molar refractivity (Wildman–Crippen MR) is 145 cm³/mol. The van der Waals surface area contributed by atoms with Gasteiger partial charge in [-0.25, -0.2) is 9.78 Å². The van der Waals surface area contributed by atoms with Crippen LogP contribution < -0.4 is 4.90 Å². The number of aromatic amines is 1. The lowest BCUT2D eigenvalue weighted by atomic mass is 9.89. The van der Waals surface area contributed by atoms with Gasteiger partial charge in [-0.05, 0) is 62.4 Å². The number of ether oxygens (including phenoxy) is 2. The van der Waals surface area contributed by atoms with E-state index in [2.05, 4.69) is 70.0 Å². The SMILES string of the molecule is CC(C)N1CCC[C@@H](c2ccc(-c3cc4c(N5CCN(C(=O)OC6COC6)CC5)ccnc4[nH]3)cc2)C1. The van der Waals surface area contributed by atoms with Gasteiger partial charge in [0.15, 0.2) is 6.10 Å². The molecule has 196 valence electrons. The molecule has 3 aliphatic rings. The maximum absolute atomic E-state index is 12.4. The lowest BCUT2D eigenvalue weighted by molar-refractivity contribution is -0.104. The van der Waals surface area contributed by atoms with E-state index in [1.165, 1.54) is 30.5 Å². The molecule has 37 heavy (non-hydrogen) atoms. The molecule has 8 heteroatoms. The van der Waals surface area contributed by atoms with Crippen LogP contribution in [0.3, 0.4) is 0 Å². The molecule has 0 aliphatic carbocycles. The first-order valence-corrected chi connectivity index (χ1v) is 13.7. The predicted octanol–water partition coefficient (Wildman–Crippen LogP) is 4.48. The summed E-state index contributed by atoms with van der Waals surface area (Å²) in [4.78, 5) is 27.3. The number of likely N-dealkylation sites (tertiary alicyclic amines) is 1. The minimum Gasteiger partial charge on any atom is -0.441 e. The molecule has 8 nitrogen and oxygen atoms in total. The summed E-state index contributed by atoms with van der Waals surface area (Å²) >= 11 is 0. The lowest BCUT2D eigenvalue weighted by Crippen LogP contribution is -2.51. The van der Waals surface area contributed by atoms with Crippen molar-refractivity contribution in [3.63, 3.8) is 0 Å². The van der Waals surface area contributed by atoms with Gasteiger partial charge in [0.1, 0.15) is 5.65 Å². The first-order valence-electron chi connectivity index (χ1n) is 13.7. The number of aromatic nitrogens is 2. The van der Waals surface area contributed by atoms with Gasteiger partial charge >= 0.3 is 6.09 Å². The van der Waals surface area contributed by atoms with E-state index in [0.29, 0.717) is 38.3 Å². The minimum atomic E-state index is -0.231. The van der Waals surface area contributed by atoms with Crippen molar-refractivity contribution in [2.45, 2.75) is 44.8 Å². The Bertz CT molecular complexity index is 1230. The summed E-state index contributed by atoms with van der Waals surface area (Å²) in [6.45, 7) is 10.8. The van der Waals surface area contributed by atoms with Gasteiger partial charge in [-0.3, -0.25) is 0 Å². The Morgan fingerprint density at radius 3 is 2.57 bits per heavy atom. The Morgan fingerprint density at radius 1 is 1.08 bits per heavy atom. The molecule has 3 saturated heterocycles. The number of piperidine rings is 1. The second-order valence-electron chi connectivity index (χ2n) is 10.8. The number of carbonyl (C=O) groups excluding carboxylic acids is 1. The second kappa shape index (κ2) is 10.3. The van der Waals surface area contributed by atoms with Crippen molar-refractivity contribution in [3.05, 3.63) is 48.2 Å². The van der Waals surface area contributed by atoms with E-state index in [1.54, 1.807) is 4.90 Å². The monoisotopic (exact) mass is 503 g/mol. The Hall–Kier alpha value is -3.10. The maximum Gasteiger partial charge on any atom is 0.410 e. The summed E-state index contributed by atoms with van der Waals surface area (Å²) in [6, 6.07) is 14.0. The molecule has 0 spiro atoms. The molecule has 6 rings (SSSR count). The van der Waals surface area contributed by atoms with Crippen molar-refractivity contribution in [3.8, 4) is 11.3 Å².